The van der Waals surface area contributed by atoms with Crippen LogP contribution in [0.15, 0.2) is 89.5 Å². The SMILES string of the molecule is COc1ccc(/C=C2\CN(Cc3ccccc3)CC3(C=NN(CCO)C3c3ccc(OC)cc3)C2)cc1. The van der Waals surface area contributed by atoms with Crippen LogP contribution in [0.4, 0.5) is 0 Å². The molecule has 2 aliphatic rings. The van der Waals surface area contributed by atoms with Gasteiger partial charge in [-0.1, -0.05) is 66.2 Å². The van der Waals surface area contributed by atoms with Crippen molar-refractivity contribution in [2.24, 2.45) is 10.5 Å². The highest BCUT2D eigenvalue weighted by atomic mass is 16.5. The van der Waals surface area contributed by atoms with Gasteiger partial charge in [0.05, 0.1) is 38.8 Å². The molecule has 2 unspecified atom stereocenters. The first-order valence-electron chi connectivity index (χ1n) is 12.8. The standard InChI is InChI=1S/C31H35N3O3/c1-36-28-12-8-24(9-13-28)18-26-19-31(23-33(21-26)20-25-6-4-3-5-7-25)22-32-34(16-17-35)30(31)27-10-14-29(37-2)15-11-27/h3-15,18,22,30,35H,16-17,19-21,23H2,1-2H3/b26-18-. The van der Waals surface area contributed by atoms with E-state index in [0.29, 0.717) is 6.54 Å². The van der Waals surface area contributed by atoms with E-state index in [4.69, 9.17) is 14.6 Å². The summed E-state index contributed by atoms with van der Waals surface area (Å²) >= 11 is 0. The second-order valence-electron chi connectivity index (χ2n) is 9.92. The van der Waals surface area contributed by atoms with E-state index in [2.05, 4.69) is 76.8 Å². The molecule has 0 radical (unpaired) electrons. The van der Waals surface area contributed by atoms with Crippen LogP contribution in [-0.2, 0) is 6.54 Å². The van der Waals surface area contributed by atoms with E-state index in [1.807, 2.05) is 24.3 Å². The molecule has 0 saturated carbocycles. The zero-order valence-corrected chi connectivity index (χ0v) is 21.6. The Morgan fingerprint density at radius 1 is 0.946 bits per heavy atom. The minimum atomic E-state index is -0.227. The molecule has 5 rings (SSSR count). The molecular formula is C31H35N3O3. The Balaban J connectivity index is 1.52. The van der Waals surface area contributed by atoms with Gasteiger partial charge >= 0.3 is 0 Å². The highest BCUT2D eigenvalue weighted by Crippen LogP contribution is 2.49. The molecule has 6 heteroatoms. The lowest BCUT2D eigenvalue weighted by atomic mass is 9.71. The van der Waals surface area contributed by atoms with Crippen LogP contribution >= 0.6 is 0 Å². The molecule has 6 nitrogen and oxygen atoms in total. The average Bonchev–Trinajstić information content (AvgIpc) is 3.26. The van der Waals surface area contributed by atoms with Crippen molar-refractivity contribution in [3.63, 3.8) is 0 Å². The van der Waals surface area contributed by atoms with Gasteiger partial charge < -0.3 is 14.6 Å². The number of rotatable bonds is 8. The lowest BCUT2D eigenvalue weighted by Crippen LogP contribution is -2.48. The first-order valence-corrected chi connectivity index (χ1v) is 12.8. The van der Waals surface area contributed by atoms with Crippen LogP contribution in [0.5, 0.6) is 11.5 Å². The molecular weight excluding hydrogens is 462 g/mol. The van der Waals surface area contributed by atoms with Crippen LogP contribution < -0.4 is 9.47 Å². The van der Waals surface area contributed by atoms with Gasteiger partial charge in [0.1, 0.15) is 11.5 Å². The minimum Gasteiger partial charge on any atom is -0.497 e. The molecule has 2 aliphatic heterocycles. The van der Waals surface area contributed by atoms with Crippen molar-refractivity contribution in [1.82, 2.24) is 9.91 Å². The lowest BCUT2D eigenvalue weighted by molar-refractivity contribution is 0.0736. The van der Waals surface area contributed by atoms with Gasteiger partial charge in [-0.2, -0.15) is 5.10 Å². The highest BCUT2D eigenvalue weighted by Gasteiger charge is 2.49. The molecule has 2 atom stereocenters. The number of hydrogen-bond acceptors (Lipinski definition) is 6. The maximum absolute atomic E-state index is 9.83. The Hall–Kier alpha value is -3.61. The number of aliphatic hydroxyl groups is 1. The molecule has 37 heavy (non-hydrogen) atoms. The fourth-order valence-electron chi connectivity index (χ4n) is 5.75. The Labute approximate surface area is 219 Å². The summed E-state index contributed by atoms with van der Waals surface area (Å²) in [5.41, 5.74) is 4.78. The fourth-order valence-corrected chi connectivity index (χ4v) is 5.75. The molecule has 0 aliphatic carbocycles. The maximum Gasteiger partial charge on any atom is 0.118 e. The molecule has 1 N–H and O–H groups in total. The molecule has 0 bridgehead atoms. The summed E-state index contributed by atoms with van der Waals surface area (Å²) in [6, 6.07) is 27.2. The normalized spacial score (nSPS) is 22.6. The predicted molar refractivity (Wildman–Crippen MR) is 148 cm³/mol. The average molecular weight is 498 g/mol. The van der Waals surface area contributed by atoms with Crippen LogP contribution in [0, 0.1) is 5.41 Å². The summed E-state index contributed by atoms with van der Waals surface area (Å²) in [4.78, 5) is 2.53. The summed E-state index contributed by atoms with van der Waals surface area (Å²) in [6.07, 6.45) is 5.34. The number of piperidine rings is 1. The van der Waals surface area contributed by atoms with Gasteiger partial charge in [-0.15, -0.1) is 0 Å². The summed E-state index contributed by atoms with van der Waals surface area (Å²) in [6.45, 7) is 3.19. The molecule has 1 saturated heterocycles. The number of hydrazone groups is 1. The number of aliphatic hydroxyl groups excluding tert-OH is 1. The lowest BCUT2D eigenvalue weighted by Gasteiger charge is -2.45. The molecule has 1 spiro atoms. The molecule has 1 fully saturated rings. The highest BCUT2D eigenvalue weighted by molar-refractivity contribution is 5.72. The van der Waals surface area contributed by atoms with Crippen molar-refractivity contribution in [1.29, 1.82) is 0 Å². The molecule has 0 aromatic heterocycles. The third kappa shape index (κ3) is 5.55. The van der Waals surface area contributed by atoms with Gasteiger partial charge in [-0.25, -0.2) is 0 Å². The van der Waals surface area contributed by atoms with Crippen molar-refractivity contribution in [3.8, 4) is 11.5 Å². The van der Waals surface area contributed by atoms with E-state index in [1.54, 1.807) is 14.2 Å². The first kappa shape index (κ1) is 25.1. The second-order valence-corrected chi connectivity index (χ2v) is 9.92. The van der Waals surface area contributed by atoms with Crippen molar-refractivity contribution in [3.05, 3.63) is 101 Å². The van der Waals surface area contributed by atoms with Crippen LogP contribution in [0.25, 0.3) is 6.08 Å². The number of hydrogen-bond donors (Lipinski definition) is 1. The zero-order chi connectivity index (χ0) is 25.7. The van der Waals surface area contributed by atoms with Crippen molar-refractivity contribution in [2.45, 2.75) is 19.0 Å². The molecule has 0 amide bonds. The van der Waals surface area contributed by atoms with Gasteiger partial charge in [-0.3, -0.25) is 9.91 Å². The fraction of sp³-hybridized carbons (Fsp3) is 0.323. The third-order valence-corrected chi connectivity index (χ3v) is 7.30. The van der Waals surface area contributed by atoms with Crippen molar-refractivity contribution in [2.75, 3.05) is 40.5 Å². The summed E-state index contributed by atoms with van der Waals surface area (Å²) in [5, 5.41) is 16.7. The predicted octanol–water partition coefficient (Wildman–Crippen LogP) is 5.01. The summed E-state index contributed by atoms with van der Waals surface area (Å²) in [5.74, 6) is 1.69. The minimum absolute atomic E-state index is 0.0170. The van der Waals surface area contributed by atoms with E-state index >= 15 is 0 Å². The number of benzene rings is 3. The van der Waals surface area contributed by atoms with Gasteiger partial charge in [0.25, 0.3) is 0 Å². The third-order valence-electron chi connectivity index (χ3n) is 7.30. The maximum atomic E-state index is 9.83. The smallest absolute Gasteiger partial charge is 0.118 e. The Kier molecular flexibility index (Phi) is 7.58. The number of likely N-dealkylation sites (tertiary alicyclic amines) is 1. The molecule has 192 valence electrons. The van der Waals surface area contributed by atoms with Crippen molar-refractivity contribution < 1.29 is 14.6 Å². The number of β-amino-alcohol motifs (C(OH)–C–C–N with tert-alkyl or cyclic N) is 1. The second kappa shape index (κ2) is 11.2. The number of methoxy groups -OCH3 is 2. The van der Waals surface area contributed by atoms with Gasteiger partial charge in [0.2, 0.25) is 0 Å². The van der Waals surface area contributed by atoms with Crippen LogP contribution in [0.1, 0.15) is 29.2 Å². The molecule has 2 heterocycles. The van der Waals surface area contributed by atoms with E-state index in [9.17, 15) is 5.11 Å². The largest absolute Gasteiger partial charge is 0.497 e. The van der Waals surface area contributed by atoms with Gasteiger partial charge in [0.15, 0.2) is 0 Å². The topological polar surface area (TPSA) is 57.5 Å². The van der Waals surface area contributed by atoms with E-state index in [-0.39, 0.29) is 18.1 Å². The number of ether oxygens (including phenoxy) is 2. The quantitative estimate of drug-likeness (QED) is 0.474. The van der Waals surface area contributed by atoms with Gasteiger partial charge in [0, 0.05) is 25.8 Å². The van der Waals surface area contributed by atoms with E-state index in [1.165, 1.54) is 16.7 Å². The van der Waals surface area contributed by atoms with Gasteiger partial charge in [-0.05, 0) is 47.4 Å². The zero-order valence-electron chi connectivity index (χ0n) is 21.6. The molecule has 3 aromatic rings. The summed E-state index contributed by atoms with van der Waals surface area (Å²) < 4.78 is 10.8. The van der Waals surface area contributed by atoms with Crippen molar-refractivity contribution >= 4 is 12.3 Å². The monoisotopic (exact) mass is 497 g/mol. The Morgan fingerprint density at radius 2 is 1.62 bits per heavy atom. The van der Waals surface area contributed by atoms with E-state index in [0.717, 1.165) is 43.1 Å². The van der Waals surface area contributed by atoms with Crippen LogP contribution in [-0.4, -0.2) is 61.7 Å². The molecule has 3 aromatic carbocycles. The number of nitrogens with zero attached hydrogens (tertiary/aromatic N) is 3. The van der Waals surface area contributed by atoms with E-state index < -0.39 is 0 Å². The Morgan fingerprint density at radius 3 is 2.27 bits per heavy atom. The summed E-state index contributed by atoms with van der Waals surface area (Å²) in [7, 11) is 3.38. The van der Waals surface area contributed by atoms with Crippen LogP contribution in [0.2, 0.25) is 0 Å². The Bertz CT molecular complexity index is 1220. The van der Waals surface area contributed by atoms with Crippen LogP contribution in [0.3, 0.4) is 0 Å². The first-order chi connectivity index (χ1) is 18.1.